The van der Waals surface area contributed by atoms with Crippen molar-refractivity contribution in [2.45, 2.75) is 13.2 Å². The largest absolute Gasteiger partial charge is 0.503 e. The van der Waals surface area contributed by atoms with Gasteiger partial charge in [0.05, 0.1) is 20.8 Å². The average molecular weight is 350 g/mol. The van der Waals surface area contributed by atoms with Gasteiger partial charge in [-0.25, -0.2) is 4.98 Å². The highest BCUT2D eigenvalue weighted by Crippen LogP contribution is 2.38. The molecule has 0 saturated heterocycles. The first-order valence-corrected chi connectivity index (χ1v) is 8.18. The Morgan fingerprint density at radius 3 is 2.62 bits per heavy atom. The Bertz CT molecular complexity index is 997. The molecule has 0 spiro atoms. The van der Waals surface area contributed by atoms with Gasteiger partial charge in [0, 0.05) is 17.2 Å². The van der Waals surface area contributed by atoms with Crippen LogP contribution in [-0.4, -0.2) is 30.5 Å². The number of rotatable bonds is 5. The van der Waals surface area contributed by atoms with Gasteiger partial charge in [-0.05, 0) is 35.4 Å². The summed E-state index contributed by atoms with van der Waals surface area (Å²) in [5.41, 5.74) is 3.62. The van der Waals surface area contributed by atoms with E-state index in [0.717, 1.165) is 27.8 Å². The summed E-state index contributed by atoms with van der Waals surface area (Å²) in [7, 11) is 3.11. The van der Waals surface area contributed by atoms with Crippen molar-refractivity contribution in [3.63, 3.8) is 0 Å². The minimum atomic E-state index is -0.0000280. The fraction of sp³-hybridized carbons (Fsp3) is 0.200. The molecule has 0 atom stereocenters. The molecule has 0 amide bonds. The first-order chi connectivity index (χ1) is 12.7. The van der Waals surface area contributed by atoms with Crippen LogP contribution in [0.3, 0.4) is 0 Å². The fourth-order valence-electron chi connectivity index (χ4n) is 3.01. The van der Waals surface area contributed by atoms with Gasteiger partial charge in [0.25, 0.3) is 5.88 Å². The van der Waals surface area contributed by atoms with Gasteiger partial charge in [0.1, 0.15) is 17.9 Å². The summed E-state index contributed by atoms with van der Waals surface area (Å²) < 4.78 is 16.5. The van der Waals surface area contributed by atoms with E-state index in [1.807, 2.05) is 30.3 Å². The van der Waals surface area contributed by atoms with E-state index in [0.29, 0.717) is 24.4 Å². The third-order valence-corrected chi connectivity index (χ3v) is 4.35. The van der Waals surface area contributed by atoms with Gasteiger partial charge < -0.3 is 19.3 Å². The van der Waals surface area contributed by atoms with Crippen LogP contribution in [0.15, 0.2) is 41.4 Å². The van der Waals surface area contributed by atoms with Crippen LogP contribution in [0, 0.1) is 0 Å². The molecular weight excluding hydrogens is 332 g/mol. The van der Waals surface area contributed by atoms with Crippen molar-refractivity contribution in [1.82, 2.24) is 4.98 Å². The fourth-order valence-corrected chi connectivity index (χ4v) is 3.01. The Kier molecular flexibility index (Phi) is 4.08. The van der Waals surface area contributed by atoms with E-state index in [-0.39, 0.29) is 11.6 Å². The predicted octanol–water partition coefficient (Wildman–Crippen LogP) is 3.47. The van der Waals surface area contributed by atoms with Crippen molar-refractivity contribution in [3.8, 4) is 23.1 Å². The van der Waals surface area contributed by atoms with Crippen LogP contribution in [0.25, 0.3) is 10.9 Å². The molecule has 0 radical (unpaired) electrons. The molecule has 2 aromatic carbocycles. The molecule has 26 heavy (non-hydrogen) atoms. The smallest absolute Gasteiger partial charge is 0.257 e. The van der Waals surface area contributed by atoms with Gasteiger partial charge >= 0.3 is 0 Å². The molecule has 3 aromatic rings. The maximum Gasteiger partial charge on any atom is 0.257 e. The van der Waals surface area contributed by atoms with Crippen molar-refractivity contribution in [3.05, 3.63) is 53.1 Å². The van der Waals surface area contributed by atoms with E-state index in [1.165, 1.54) is 7.11 Å². The number of aromatic hydroxyl groups is 1. The molecule has 0 bridgehead atoms. The van der Waals surface area contributed by atoms with Crippen LogP contribution in [-0.2, 0) is 13.2 Å². The van der Waals surface area contributed by atoms with Gasteiger partial charge in [-0.15, -0.1) is 0 Å². The number of hydrogen-bond acceptors (Lipinski definition) is 6. The van der Waals surface area contributed by atoms with Crippen LogP contribution in [0.1, 0.15) is 16.7 Å². The average Bonchev–Trinajstić information content (AvgIpc) is 3.13. The molecule has 0 saturated carbocycles. The lowest BCUT2D eigenvalue weighted by molar-refractivity contribution is 0.307. The van der Waals surface area contributed by atoms with Crippen molar-refractivity contribution in [2.75, 3.05) is 14.2 Å². The number of nitrogens with zero attached hydrogens (tertiary/aromatic N) is 2. The van der Waals surface area contributed by atoms with Crippen LogP contribution in [0.2, 0.25) is 0 Å². The highest BCUT2D eigenvalue weighted by atomic mass is 16.5. The van der Waals surface area contributed by atoms with Gasteiger partial charge in [-0.2, -0.15) is 0 Å². The maximum atomic E-state index is 10.0. The van der Waals surface area contributed by atoms with Crippen molar-refractivity contribution >= 4 is 17.1 Å². The van der Waals surface area contributed by atoms with Crippen molar-refractivity contribution in [2.24, 2.45) is 4.99 Å². The third-order valence-electron chi connectivity index (χ3n) is 4.35. The first kappa shape index (κ1) is 16.2. The topological polar surface area (TPSA) is 73.2 Å². The van der Waals surface area contributed by atoms with E-state index < -0.39 is 0 Å². The van der Waals surface area contributed by atoms with Gasteiger partial charge in [0.2, 0.25) is 0 Å². The van der Waals surface area contributed by atoms with E-state index in [4.69, 9.17) is 14.2 Å². The normalized spacial score (nSPS) is 12.2. The number of aromatic nitrogens is 1. The Balaban J connectivity index is 1.75. The molecule has 1 N–H and O–H groups in total. The van der Waals surface area contributed by atoms with Gasteiger partial charge in [-0.3, -0.25) is 4.99 Å². The molecule has 6 nitrogen and oxygen atoms in total. The summed E-state index contributed by atoms with van der Waals surface area (Å²) in [6.45, 7) is 0.977. The Labute approximate surface area is 150 Å². The highest BCUT2D eigenvalue weighted by molar-refractivity contribution is 5.99. The van der Waals surface area contributed by atoms with Crippen LogP contribution >= 0.6 is 0 Å². The zero-order valence-electron chi connectivity index (χ0n) is 14.5. The number of ether oxygens (including phenoxy) is 3. The summed E-state index contributed by atoms with van der Waals surface area (Å²) in [5, 5.41) is 10.8. The molecule has 4 rings (SSSR count). The van der Waals surface area contributed by atoms with Crippen LogP contribution < -0.4 is 14.2 Å². The minimum Gasteiger partial charge on any atom is -0.503 e. The van der Waals surface area contributed by atoms with Crippen LogP contribution in [0.4, 0.5) is 0 Å². The standard InChI is InChI=1S/C20H18N2O4/c1-24-15-5-3-12(4-6-15)11-26-19-16-10-21-9-14(16)7-13-8-17(23)20(25-2)22-18(13)19/h3-8,10,23H,9,11H2,1-2H3. The molecule has 6 heteroatoms. The summed E-state index contributed by atoms with van der Waals surface area (Å²) in [5.74, 6) is 1.61. The van der Waals surface area contributed by atoms with E-state index in [1.54, 1.807) is 19.4 Å². The molecule has 132 valence electrons. The highest BCUT2D eigenvalue weighted by Gasteiger charge is 2.20. The monoisotopic (exact) mass is 350 g/mol. The second-order valence-electron chi connectivity index (χ2n) is 5.97. The van der Waals surface area contributed by atoms with Gasteiger partial charge in [-0.1, -0.05) is 12.1 Å². The molecule has 0 aliphatic carbocycles. The molecule has 1 aliphatic heterocycles. The summed E-state index contributed by atoms with van der Waals surface area (Å²) in [4.78, 5) is 8.77. The van der Waals surface area contributed by atoms with E-state index >= 15 is 0 Å². The third kappa shape index (κ3) is 2.79. The molecule has 0 unspecified atom stereocenters. The SMILES string of the molecule is COc1ccc(COc2c3c(cc4cc(O)c(OC)nc24)CN=C3)cc1. The number of fused-ring (bicyclic) bond motifs is 2. The number of hydrogen-bond donors (Lipinski definition) is 1. The second kappa shape index (κ2) is 6.55. The number of methoxy groups -OCH3 is 2. The molecular formula is C20H18N2O4. The lowest BCUT2D eigenvalue weighted by Crippen LogP contribution is -2.02. The molecule has 0 fully saturated rings. The summed E-state index contributed by atoms with van der Waals surface area (Å²) >= 11 is 0. The number of aliphatic imine (C=N–C) groups is 1. The minimum absolute atomic E-state index is 0.0000280. The number of pyridine rings is 1. The molecule has 1 aliphatic rings. The summed E-state index contributed by atoms with van der Waals surface area (Å²) in [6.07, 6.45) is 1.80. The van der Waals surface area contributed by atoms with Crippen molar-refractivity contribution in [1.29, 1.82) is 0 Å². The number of benzene rings is 2. The van der Waals surface area contributed by atoms with E-state index in [9.17, 15) is 5.11 Å². The quantitative estimate of drug-likeness (QED) is 0.763. The van der Waals surface area contributed by atoms with Crippen molar-refractivity contribution < 1.29 is 19.3 Å². The second-order valence-corrected chi connectivity index (χ2v) is 5.97. The lowest BCUT2D eigenvalue weighted by atomic mass is 10.0. The van der Waals surface area contributed by atoms with Crippen LogP contribution in [0.5, 0.6) is 23.1 Å². The summed E-state index contributed by atoms with van der Waals surface area (Å²) in [6, 6.07) is 11.3. The Hall–Kier alpha value is -3.28. The molecule has 2 heterocycles. The lowest BCUT2D eigenvalue weighted by Gasteiger charge is -2.14. The van der Waals surface area contributed by atoms with Gasteiger partial charge in [0.15, 0.2) is 11.5 Å². The zero-order chi connectivity index (χ0) is 18.1. The predicted molar refractivity (Wildman–Crippen MR) is 98.6 cm³/mol. The molecule has 1 aromatic heterocycles. The Morgan fingerprint density at radius 1 is 1.08 bits per heavy atom. The van der Waals surface area contributed by atoms with E-state index in [2.05, 4.69) is 9.98 Å². The Morgan fingerprint density at radius 2 is 1.88 bits per heavy atom. The zero-order valence-corrected chi connectivity index (χ0v) is 14.5. The maximum absolute atomic E-state index is 10.0. The first-order valence-electron chi connectivity index (χ1n) is 8.18.